The second-order valence-electron chi connectivity index (χ2n) is 5.89. The molecule has 0 saturated heterocycles. The number of carbonyl (C=O) groups excluding carboxylic acids is 1. The Bertz CT molecular complexity index is 487. The number of benzene rings is 1. The molecule has 4 nitrogen and oxygen atoms in total. The van der Waals surface area contributed by atoms with Crippen LogP contribution in [0, 0.1) is 11.8 Å². The van der Waals surface area contributed by atoms with Crippen LogP contribution in [-0.4, -0.2) is 19.1 Å². The molecule has 4 heteroatoms. The van der Waals surface area contributed by atoms with E-state index in [2.05, 4.69) is 19.2 Å². The molecular formula is C16H24N2O2. The smallest absolute Gasteiger partial charge is 0.251 e. The first-order valence-electron chi connectivity index (χ1n) is 7.25. The number of hydrogen-bond acceptors (Lipinski definition) is 3. The number of amides is 1. The summed E-state index contributed by atoms with van der Waals surface area (Å²) in [5.74, 6) is 1.96. The van der Waals surface area contributed by atoms with Gasteiger partial charge < -0.3 is 15.8 Å². The van der Waals surface area contributed by atoms with Crippen LogP contribution < -0.4 is 15.8 Å². The zero-order valence-electron chi connectivity index (χ0n) is 12.5. The van der Waals surface area contributed by atoms with Gasteiger partial charge >= 0.3 is 0 Å². The first-order chi connectivity index (χ1) is 9.51. The number of ether oxygens (including phenoxy) is 1. The summed E-state index contributed by atoms with van der Waals surface area (Å²) < 4.78 is 5.10. The highest BCUT2D eigenvalue weighted by atomic mass is 16.5. The van der Waals surface area contributed by atoms with Gasteiger partial charge in [-0.2, -0.15) is 0 Å². The molecule has 0 radical (unpaired) electrons. The van der Waals surface area contributed by atoms with Gasteiger partial charge in [-0.25, -0.2) is 0 Å². The maximum absolute atomic E-state index is 12.2. The molecular weight excluding hydrogens is 252 g/mol. The lowest BCUT2D eigenvalue weighted by Gasteiger charge is -2.32. The summed E-state index contributed by atoms with van der Waals surface area (Å²) in [5.41, 5.74) is 6.92. The Morgan fingerprint density at radius 2 is 2.05 bits per heavy atom. The van der Waals surface area contributed by atoms with E-state index in [4.69, 9.17) is 10.5 Å². The number of anilines is 1. The zero-order valence-corrected chi connectivity index (χ0v) is 12.5. The van der Waals surface area contributed by atoms with E-state index in [1.807, 2.05) is 0 Å². The highest BCUT2D eigenvalue weighted by Crippen LogP contribution is 2.29. The molecule has 20 heavy (non-hydrogen) atoms. The lowest BCUT2D eigenvalue weighted by Crippen LogP contribution is -2.39. The number of carbonyl (C=O) groups is 1. The minimum absolute atomic E-state index is 0.0499. The molecule has 1 aromatic rings. The van der Waals surface area contributed by atoms with Crippen molar-refractivity contribution in [3.8, 4) is 5.75 Å². The molecule has 0 aliphatic heterocycles. The van der Waals surface area contributed by atoms with Crippen molar-refractivity contribution in [2.24, 2.45) is 11.8 Å². The SMILES string of the molecule is COc1ccc(C(=O)NC2CCC(C)C(C)C2)cc1N. The van der Waals surface area contributed by atoms with E-state index in [0.29, 0.717) is 22.9 Å². The van der Waals surface area contributed by atoms with Gasteiger partial charge in [0.1, 0.15) is 5.75 Å². The van der Waals surface area contributed by atoms with Gasteiger partial charge in [0.15, 0.2) is 0 Å². The second-order valence-corrected chi connectivity index (χ2v) is 5.89. The Hall–Kier alpha value is -1.71. The molecule has 1 aliphatic rings. The van der Waals surface area contributed by atoms with Crippen molar-refractivity contribution in [2.45, 2.75) is 39.2 Å². The van der Waals surface area contributed by atoms with Crippen LogP contribution in [0.15, 0.2) is 18.2 Å². The monoisotopic (exact) mass is 276 g/mol. The Labute approximate surface area is 120 Å². The third-order valence-electron chi connectivity index (χ3n) is 4.43. The Morgan fingerprint density at radius 3 is 2.65 bits per heavy atom. The summed E-state index contributed by atoms with van der Waals surface area (Å²) in [5, 5.41) is 3.12. The van der Waals surface area contributed by atoms with Crippen molar-refractivity contribution in [1.82, 2.24) is 5.32 Å². The Balaban J connectivity index is 2.00. The predicted molar refractivity (Wildman–Crippen MR) is 80.8 cm³/mol. The molecule has 110 valence electrons. The molecule has 0 aromatic heterocycles. The van der Waals surface area contributed by atoms with Gasteiger partial charge in [-0.3, -0.25) is 4.79 Å². The summed E-state index contributed by atoms with van der Waals surface area (Å²) in [7, 11) is 1.57. The number of nitrogen functional groups attached to an aromatic ring is 1. The van der Waals surface area contributed by atoms with E-state index in [0.717, 1.165) is 18.8 Å². The van der Waals surface area contributed by atoms with Crippen LogP contribution in [0.5, 0.6) is 5.75 Å². The number of methoxy groups -OCH3 is 1. The molecule has 3 unspecified atom stereocenters. The van der Waals surface area contributed by atoms with Gasteiger partial charge in [-0.05, 0) is 49.3 Å². The third kappa shape index (κ3) is 3.24. The summed E-state index contributed by atoms with van der Waals surface area (Å²) in [6.07, 6.45) is 3.29. The number of rotatable bonds is 3. The molecule has 3 atom stereocenters. The normalized spacial score (nSPS) is 26.1. The van der Waals surface area contributed by atoms with Crippen LogP contribution in [0.4, 0.5) is 5.69 Å². The third-order valence-corrected chi connectivity index (χ3v) is 4.43. The fourth-order valence-electron chi connectivity index (χ4n) is 2.82. The molecule has 1 aromatic carbocycles. The molecule has 2 rings (SSSR count). The molecule has 1 fully saturated rings. The number of nitrogens with two attached hydrogens (primary N) is 1. The molecule has 0 heterocycles. The van der Waals surface area contributed by atoms with Gasteiger partial charge in [0.25, 0.3) is 5.91 Å². The first kappa shape index (κ1) is 14.7. The van der Waals surface area contributed by atoms with Gasteiger partial charge in [0.05, 0.1) is 12.8 Å². The average Bonchev–Trinajstić information content (AvgIpc) is 2.42. The van der Waals surface area contributed by atoms with Gasteiger partial charge in [0, 0.05) is 11.6 Å². The van der Waals surface area contributed by atoms with Crippen LogP contribution in [0.25, 0.3) is 0 Å². The molecule has 1 aliphatic carbocycles. The van der Waals surface area contributed by atoms with E-state index < -0.39 is 0 Å². The standard InChI is InChI=1S/C16H24N2O2/c1-10-4-6-13(8-11(10)2)18-16(19)12-5-7-15(20-3)14(17)9-12/h5,7,9-11,13H,4,6,8,17H2,1-3H3,(H,18,19). The molecule has 1 amide bonds. The number of nitrogens with one attached hydrogen (secondary N) is 1. The van der Waals surface area contributed by atoms with Gasteiger partial charge in [-0.15, -0.1) is 0 Å². The van der Waals surface area contributed by atoms with Gasteiger partial charge in [-0.1, -0.05) is 13.8 Å². The van der Waals surface area contributed by atoms with Crippen LogP contribution in [0.1, 0.15) is 43.5 Å². The highest BCUT2D eigenvalue weighted by molar-refractivity contribution is 5.95. The maximum Gasteiger partial charge on any atom is 0.251 e. The molecule has 3 N–H and O–H groups in total. The summed E-state index contributed by atoms with van der Waals surface area (Å²) in [6, 6.07) is 5.43. The minimum Gasteiger partial charge on any atom is -0.495 e. The van der Waals surface area contributed by atoms with Crippen LogP contribution in [-0.2, 0) is 0 Å². The summed E-state index contributed by atoms with van der Waals surface area (Å²) in [6.45, 7) is 4.54. The number of hydrogen-bond donors (Lipinski definition) is 2. The zero-order chi connectivity index (χ0) is 14.7. The van der Waals surface area contributed by atoms with E-state index >= 15 is 0 Å². The first-order valence-corrected chi connectivity index (χ1v) is 7.25. The Kier molecular flexibility index (Phi) is 4.53. The average molecular weight is 276 g/mol. The Morgan fingerprint density at radius 1 is 1.30 bits per heavy atom. The van der Waals surface area contributed by atoms with Crippen molar-refractivity contribution in [2.75, 3.05) is 12.8 Å². The lowest BCUT2D eigenvalue weighted by atomic mass is 9.79. The topological polar surface area (TPSA) is 64.3 Å². The largest absolute Gasteiger partial charge is 0.495 e. The van der Waals surface area contributed by atoms with E-state index in [1.165, 1.54) is 6.42 Å². The molecule has 0 spiro atoms. The van der Waals surface area contributed by atoms with Crippen molar-refractivity contribution in [1.29, 1.82) is 0 Å². The van der Waals surface area contributed by atoms with E-state index in [9.17, 15) is 4.79 Å². The van der Waals surface area contributed by atoms with Crippen molar-refractivity contribution in [3.05, 3.63) is 23.8 Å². The molecule has 1 saturated carbocycles. The van der Waals surface area contributed by atoms with E-state index in [-0.39, 0.29) is 11.9 Å². The molecule has 0 bridgehead atoms. The van der Waals surface area contributed by atoms with Crippen molar-refractivity contribution < 1.29 is 9.53 Å². The lowest BCUT2D eigenvalue weighted by molar-refractivity contribution is 0.0910. The van der Waals surface area contributed by atoms with Crippen LogP contribution in [0.2, 0.25) is 0 Å². The van der Waals surface area contributed by atoms with Crippen LogP contribution in [0.3, 0.4) is 0 Å². The fraction of sp³-hybridized carbons (Fsp3) is 0.562. The van der Waals surface area contributed by atoms with Crippen molar-refractivity contribution >= 4 is 11.6 Å². The quantitative estimate of drug-likeness (QED) is 0.834. The second kappa shape index (κ2) is 6.16. The minimum atomic E-state index is -0.0499. The van der Waals surface area contributed by atoms with Crippen molar-refractivity contribution in [3.63, 3.8) is 0 Å². The summed E-state index contributed by atoms with van der Waals surface area (Å²) in [4.78, 5) is 12.2. The predicted octanol–water partition coefficient (Wildman–Crippen LogP) is 2.83. The fourth-order valence-corrected chi connectivity index (χ4v) is 2.82. The maximum atomic E-state index is 12.2. The van der Waals surface area contributed by atoms with Crippen LogP contribution >= 0.6 is 0 Å². The van der Waals surface area contributed by atoms with Gasteiger partial charge in [0.2, 0.25) is 0 Å². The van der Waals surface area contributed by atoms with E-state index in [1.54, 1.807) is 25.3 Å². The summed E-state index contributed by atoms with van der Waals surface area (Å²) >= 11 is 0. The highest BCUT2D eigenvalue weighted by Gasteiger charge is 2.25.